The van der Waals surface area contributed by atoms with E-state index in [9.17, 15) is 4.79 Å². The number of furan rings is 1. The monoisotopic (exact) mass is 208 g/mol. The molecule has 1 aliphatic carbocycles. The van der Waals surface area contributed by atoms with E-state index in [1.165, 1.54) is 32.4 Å². The Morgan fingerprint density at radius 2 is 2.07 bits per heavy atom. The van der Waals surface area contributed by atoms with Crippen molar-refractivity contribution in [3.63, 3.8) is 0 Å². The molecule has 1 heterocycles. The zero-order valence-corrected chi connectivity index (χ0v) is 9.16. The zero-order valence-electron chi connectivity index (χ0n) is 9.16. The molecule has 82 valence electrons. The second-order valence-corrected chi connectivity index (χ2v) is 3.37. The summed E-state index contributed by atoms with van der Waals surface area (Å²) in [5.41, 5.74) is 0. The number of aryl methyl sites for hydroxylation is 1. The van der Waals surface area contributed by atoms with Crippen LogP contribution in [0.1, 0.15) is 30.8 Å². The SMILES string of the molecule is C1CC1.COC(=O)C=Cc1ccc(C)o1. The fourth-order valence-corrected chi connectivity index (χ4v) is 0.761. The Morgan fingerprint density at radius 1 is 1.40 bits per heavy atom. The lowest BCUT2D eigenvalue weighted by Gasteiger charge is -1.87. The van der Waals surface area contributed by atoms with Gasteiger partial charge >= 0.3 is 5.97 Å². The standard InChI is InChI=1S/C9H10O3.C3H6/c1-7-3-4-8(12-7)5-6-9(10)11-2;1-2-3-1/h3-6H,1-2H3;1-3H2. The Bertz CT molecular complexity index is 332. The number of carbonyl (C=O) groups is 1. The van der Waals surface area contributed by atoms with Crippen LogP contribution < -0.4 is 0 Å². The molecule has 0 saturated heterocycles. The number of esters is 1. The van der Waals surface area contributed by atoms with Crippen LogP contribution in [-0.4, -0.2) is 13.1 Å². The van der Waals surface area contributed by atoms with E-state index in [0.717, 1.165) is 5.76 Å². The average Bonchev–Trinajstić information content (AvgIpc) is 3.05. The Morgan fingerprint density at radius 3 is 2.47 bits per heavy atom. The quantitative estimate of drug-likeness (QED) is 0.554. The molecule has 1 saturated carbocycles. The highest BCUT2D eigenvalue weighted by molar-refractivity contribution is 5.86. The zero-order chi connectivity index (χ0) is 11.1. The van der Waals surface area contributed by atoms with Crippen LogP contribution in [0.2, 0.25) is 0 Å². The van der Waals surface area contributed by atoms with Crippen LogP contribution in [0.4, 0.5) is 0 Å². The molecule has 2 rings (SSSR count). The normalized spacial score (nSPS) is 13.2. The lowest BCUT2D eigenvalue weighted by molar-refractivity contribution is -0.134. The summed E-state index contributed by atoms with van der Waals surface area (Å²) in [6.45, 7) is 1.84. The van der Waals surface area contributed by atoms with Gasteiger partial charge < -0.3 is 9.15 Å². The predicted octanol–water partition coefficient (Wildman–Crippen LogP) is 2.94. The first-order valence-corrected chi connectivity index (χ1v) is 5.05. The summed E-state index contributed by atoms with van der Waals surface area (Å²) < 4.78 is 9.60. The summed E-state index contributed by atoms with van der Waals surface area (Å²) >= 11 is 0. The molecule has 0 unspecified atom stereocenters. The van der Waals surface area contributed by atoms with Gasteiger partial charge in [0.2, 0.25) is 0 Å². The molecule has 3 nitrogen and oxygen atoms in total. The topological polar surface area (TPSA) is 39.4 Å². The van der Waals surface area contributed by atoms with E-state index in [1.54, 1.807) is 12.1 Å². The van der Waals surface area contributed by atoms with Gasteiger partial charge in [0.05, 0.1) is 7.11 Å². The Hall–Kier alpha value is -1.51. The van der Waals surface area contributed by atoms with Crippen LogP contribution in [0.25, 0.3) is 6.08 Å². The number of rotatable bonds is 2. The molecule has 0 bridgehead atoms. The van der Waals surface area contributed by atoms with Gasteiger partial charge in [-0.2, -0.15) is 0 Å². The number of hydrogen-bond donors (Lipinski definition) is 0. The summed E-state index contributed by atoms with van der Waals surface area (Å²) in [6, 6.07) is 3.62. The first kappa shape index (κ1) is 11.6. The number of methoxy groups -OCH3 is 1. The molecule has 0 spiro atoms. The van der Waals surface area contributed by atoms with Crippen molar-refractivity contribution in [3.8, 4) is 0 Å². The van der Waals surface area contributed by atoms with Crippen LogP contribution in [-0.2, 0) is 9.53 Å². The number of carbonyl (C=O) groups excluding carboxylic acids is 1. The van der Waals surface area contributed by atoms with Crippen molar-refractivity contribution < 1.29 is 13.9 Å². The van der Waals surface area contributed by atoms with Gasteiger partial charge in [0.25, 0.3) is 0 Å². The Kier molecular flexibility index (Phi) is 4.68. The van der Waals surface area contributed by atoms with Crippen molar-refractivity contribution in [1.29, 1.82) is 0 Å². The molecule has 1 aromatic rings. The van der Waals surface area contributed by atoms with Crippen molar-refractivity contribution in [3.05, 3.63) is 29.7 Å². The highest BCUT2D eigenvalue weighted by Crippen LogP contribution is 2.14. The second-order valence-electron chi connectivity index (χ2n) is 3.37. The lowest BCUT2D eigenvalue weighted by atomic mass is 10.4. The molecule has 3 heteroatoms. The van der Waals surface area contributed by atoms with Crippen LogP contribution in [0.5, 0.6) is 0 Å². The first-order valence-electron chi connectivity index (χ1n) is 5.05. The summed E-state index contributed by atoms with van der Waals surface area (Å²) in [4.78, 5) is 10.6. The first-order chi connectivity index (χ1) is 7.22. The van der Waals surface area contributed by atoms with Crippen molar-refractivity contribution >= 4 is 12.0 Å². The summed E-state index contributed by atoms with van der Waals surface area (Å²) in [7, 11) is 1.33. The van der Waals surface area contributed by atoms with Gasteiger partial charge in [0.1, 0.15) is 11.5 Å². The minimum Gasteiger partial charge on any atom is -0.466 e. The molecular weight excluding hydrogens is 192 g/mol. The summed E-state index contributed by atoms with van der Waals surface area (Å²) in [6.07, 6.45) is 7.39. The average molecular weight is 208 g/mol. The molecule has 1 fully saturated rings. The molecule has 1 aliphatic rings. The van der Waals surface area contributed by atoms with Crippen molar-refractivity contribution in [2.24, 2.45) is 0 Å². The maximum atomic E-state index is 10.6. The highest BCUT2D eigenvalue weighted by atomic mass is 16.5. The molecule has 15 heavy (non-hydrogen) atoms. The van der Waals surface area contributed by atoms with Crippen LogP contribution in [0.15, 0.2) is 22.6 Å². The van der Waals surface area contributed by atoms with E-state index in [2.05, 4.69) is 4.74 Å². The van der Waals surface area contributed by atoms with E-state index in [1.807, 2.05) is 13.0 Å². The van der Waals surface area contributed by atoms with E-state index in [-0.39, 0.29) is 5.97 Å². The molecular formula is C12H16O3. The van der Waals surface area contributed by atoms with Gasteiger partial charge in [-0.1, -0.05) is 19.3 Å². The molecule has 0 radical (unpaired) electrons. The van der Waals surface area contributed by atoms with Gasteiger partial charge in [-0.3, -0.25) is 0 Å². The van der Waals surface area contributed by atoms with E-state index in [4.69, 9.17) is 4.42 Å². The van der Waals surface area contributed by atoms with Gasteiger partial charge in [0, 0.05) is 6.08 Å². The van der Waals surface area contributed by atoms with Gasteiger partial charge in [-0.25, -0.2) is 4.79 Å². The van der Waals surface area contributed by atoms with Gasteiger partial charge in [-0.15, -0.1) is 0 Å². The summed E-state index contributed by atoms with van der Waals surface area (Å²) in [5.74, 6) is 1.08. The fraction of sp³-hybridized carbons (Fsp3) is 0.417. The maximum Gasteiger partial charge on any atom is 0.330 e. The minimum atomic E-state index is -0.385. The van der Waals surface area contributed by atoms with Crippen molar-refractivity contribution in [2.45, 2.75) is 26.2 Å². The second kappa shape index (κ2) is 6.06. The molecule has 0 aromatic carbocycles. The minimum absolute atomic E-state index is 0.385. The number of hydrogen-bond acceptors (Lipinski definition) is 3. The van der Waals surface area contributed by atoms with E-state index < -0.39 is 0 Å². The third-order valence-corrected chi connectivity index (χ3v) is 1.70. The van der Waals surface area contributed by atoms with Crippen LogP contribution in [0, 0.1) is 6.92 Å². The third-order valence-electron chi connectivity index (χ3n) is 1.70. The Balaban J connectivity index is 0.000000319. The van der Waals surface area contributed by atoms with Crippen molar-refractivity contribution in [1.82, 2.24) is 0 Å². The third kappa shape index (κ3) is 5.73. The predicted molar refractivity (Wildman–Crippen MR) is 58.3 cm³/mol. The molecule has 0 aliphatic heterocycles. The van der Waals surface area contributed by atoms with E-state index in [0.29, 0.717) is 5.76 Å². The van der Waals surface area contributed by atoms with Crippen LogP contribution >= 0.6 is 0 Å². The molecule has 1 aromatic heterocycles. The largest absolute Gasteiger partial charge is 0.466 e. The molecule has 0 amide bonds. The highest BCUT2D eigenvalue weighted by Gasteiger charge is 1.95. The smallest absolute Gasteiger partial charge is 0.330 e. The van der Waals surface area contributed by atoms with Crippen LogP contribution in [0.3, 0.4) is 0 Å². The maximum absolute atomic E-state index is 10.6. The van der Waals surface area contributed by atoms with E-state index >= 15 is 0 Å². The molecule has 0 N–H and O–H groups in total. The lowest BCUT2D eigenvalue weighted by Crippen LogP contribution is -1.92. The number of ether oxygens (including phenoxy) is 1. The molecule has 0 atom stereocenters. The Labute approximate surface area is 89.7 Å². The summed E-state index contributed by atoms with van der Waals surface area (Å²) in [5, 5.41) is 0. The van der Waals surface area contributed by atoms with Crippen molar-refractivity contribution in [2.75, 3.05) is 7.11 Å². The van der Waals surface area contributed by atoms with Gasteiger partial charge in [0.15, 0.2) is 0 Å². The fourth-order valence-electron chi connectivity index (χ4n) is 0.761. The van der Waals surface area contributed by atoms with Gasteiger partial charge in [-0.05, 0) is 25.1 Å².